The van der Waals surface area contributed by atoms with Gasteiger partial charge >= 0.3 is 19.5 Å². The Balaban J connectivity index is 0.000000180. The fraction of sp³-hybridized carbons (Fsp3) is 0.304. The van der Waals surface area contributed by atoms with Crippen LogP contribution in [0.4, 0.5) is 61.5 Å². The van der Waals surface area contributed by atoms with Crippen LogP contribution in [0.1, 0.15) is 22.8 Å². The molecule has 0 spiro atoms. The molecule has 2 aliphatic carbocycles. The van der Waals surface area contributed by atoms with E-state index in [1.807, 2.05) is 0 Å². The first kappa shape index (κ1) is 61.2. The number of amides is 2. The quantitative estimate of drug-likeness (QED) is 0.0692. The first-order valence-electron chi connectivity index (χ1n) is 23.1. The van der Waals surface area contributed by atoms with Gasteiger partial charge in [0.05, 0.1) is 39.7 Å². The number of halogens is 15. The van der Waals surface area contributed by atoms with E-state index < -0.39 is 158 Å². The third kappa shape index (κ3) is 12.7. The van der Waals surface area contributed by atoms with Gasteiger partial charge in [0.15, 0.2) is 0 Å². The zero-order chi connectivity index (χ0) is 60.2. The smallest absolute Gasteiger partial charge is 0.423 e. The Morgan fingerprint density at radius 2 is 0.976 bits per heavy atom. The number of nitrogens with zero attached hydrogens (tertiary/aromatic N) is 8. The molecule has 82 heavy (non-hydrogen) atoms. The van der Waals surface area contributed by atoms with Gasteiger partial charge in [0, 0.05) is 85.0 Å². The van der Waals surface area contributed by atoms with E-state index in [9.17, 15) is 87.9 Å². The zero-order valence-corrected chi connectivity index (χ0v) is 43.7. The molecule has 10 rings (SSSR count). The second-order valence-electron chi connectivity index (χ2n) is 18.3. The summed E-state index contributed by atoms with van der Waals surface area (Å²) in [6.07, 6.45) is -4.66. The van der Waals surface area contributed by atoms with Crippen LogP contribution in [0.2, 0.25) is 0 Å². The van der Waals surface area contributed by atoms with Crippen LogP contribution in [-0.2, 0) is 55.1 Å². The fourth-order valence-corrected chi connectivity index (χ4v) is 12.5. The van der Waals surface area contributed by atoms with Crippen molar-refractivity contribution in [3.05, 3.63) is 148 Å². The normalized spacial score (nSPS) is 21.6. The summed E-state index contributed by atoms with van der Waals surface area (Å²) in [6, 6.07) is 6.44. The molecule has 2 aromatic carbocycles. The molecular weight excluding hydrogens is 1240 g/mol. The molecular formula is C46H34BBrF14N10O8S2. The van der Waals surface area contributed by atoms with Crippen molar-refractivity contribution in [2.24, 2.45) is 23.7 Å². The van der Waals surface area contributed by atoms with Gasteiger partial charge in [0.1, 0.15) is 40.0 Å². The largest absolute Gasteiger partial charge is 0.491 e. The molecule has 18 nitrogen and oxygen atoms in total. The molecule has 6 atom stereocenters. The number of fused-ring (bicyclic) bond motifs is 2. The van der Waals surface area contributed by atoms with Gasteiger partial charge in [-0.25, -0.2) is 76.9 Å². The minimum Gasteiger partial charge on any atom is -0.423 e. The van der Waals surface area contributed by atoms with E-state index in [-0.39, 0.29) is 39.3 Å². The van der Waals surface area contributed by atoms with Crippen LogP contribution in [-0.4, -0.2) is 121 Å². The molecule has 4 aliphatic rings. The number of sulfonamides is 2. The van der Waals surface area contributed by atoms with Gasteiger partial charge in [0.2, 0.25) is 43.5 Å². The van der Waals surface area contributed by atoms with Crippen molar-refractivity contribution in [3.63, 3.8) is 0 Å². The van der Waals surface area contributed by atoms with Gasteiger partial charge in [0.25, 0.3) is 11.8 Å². The highest BCUT2D eigenvalue weighted by molar-refractivity contribution is 9.10. The SMILES string of the molecule is O=C(NCc1cc(-c2cnc(C(F)(F)F)nc2)ncc1F)[C@@H]1[C@@H]2[C@H](CN1S(=O)(=O)c1ccc(F)cc1)C2(F)F.O=C(NCc1cc(Br)ncc1F)[C@@H]1[C@@H]2[C@H](CN1S(=O)(=O)c1ccc(F)cc1)C2(F)F.OB(O)c1cnc(C(F)(F)F)nc1. The van der Waals surface area contributed by atoms with Crippen LogP contribution in [0.5, 0.6) is 0 Å². The number of benzene rings is 2. The molecule has 0 unspecified atom stereocenters. The number of aromatic nitrogens is 6. The average molecular weight is 1280 g/mol. The van der Waals surface area contributed by atoms with Crippen molar-refractivity contribution >= 4 is 60.4 Å². The topological polar surface area (TPSA) is 251 Å². The summed E-state index contributed by atoms with van der Waals surface area (Å²) >= 11 is 3.06. The summed E-state index contributed by atoms with van der Waals surface area (Å²) in [7, 11) is -10.6. The van der Waals surface area contributed by atoms with Gasteiger partial charge in [-0.05, 0) is 76.6 Å². The predicted molar refractivity (Wildman–Crippen MR) is 255 cm³/mol. The summed E-state index contributed by atoms with van der Waals surface area (Å²) in [4.78, 5) is 44.7. The van der Waals surface area contributed by atoms with Crippen LogP contribution in [0.15, 0.2) is 112 Å². The summed E-state index contributed by atoms with van der Waals surface area (Å²) in [5, 5.41) is 21.6. The van der Waals surface area contributed by atoms with Crippen molar-refractivity contribution in [2.45, 2.75) is 59.2 Å². The molecule has 6 heterocycles. The zero-order valence-electron chi connectivity index (χ0n) is 40.5. The minimum atomic E-state index is -4.78. The maximum atomic E-state index is 14.4. The molecule has 0 radical (unpaired) electrons. The van der Waals surface area contributed by atoms with Crippen molar-refractivity contribution in [1.29, 1.82) is 0 Å². The highest BCUT2D eigenvalue weighted by Crippen LogP contribution is 2.64. The molecule has 4 N–H and O–H groups in total. The van der Waals surface area contributed by atoms with Gasteiger partial charge in [-0.3, -0.25) is 14.6 Å². The number of carbonyl (C=O) groups is 2. The van der Waals surface area contributed by atoms with E-state index in [4.69, 9.17) is 10.0 Å². The van der Waals surface area contributed by atoms with E-state index in [0.29, 0.717) is 25.6 Å². The molecule has 436 valence electrons. The molecule has 2 saturated heterocycles. The monoisotopic (exact) mass is 1270 g/mol. The molecule has 0 bridgehead atoms. The van der Waals surface area contributed by atoms with E-state index in [1.54, 1.807) is 0 Å². The first-order chi connectivity index (χ1) is 38.1. The third-order valence-corrected chi connectivity index (χ3v) is 17.3. The van der Waals surface area contributed by atoms with Gasteiger partial charge in [-0.15, -0.1) is 0 Å². The highest BCUT2D eigenvalue weighted by atomic mass is 79.9. The lowest BCUT2D eigenvalue weighted by Gasteiger charge is -2.27. The number of piperidine rings is 2. The number of carbonyl (C=O) groups excluding carboxylic acids is 2. The Kier molecular flexibility index (Phi) is 17.0. The van der Waals surface area contributed by atoms with Gasteiger partial charge < -0.3 is 20.7 Å². The molecule has 2 amide bonds. The molecule has 36 heteroatoms. The van der Waals surface area contributed by atoms with E-state index in [0.717, 1.165) is 79.4 Å². The number of hydrogen-bond donors (Lipinski definition) is 4. The number of hydrogen-bond acceptors (Lipinski definition) is 14. The molecule has 4 fully saturated rings. The van der Waals surface area contributed by atoms with E-state index in [2.05, 4.69) is 56.5 Å². The van der Waals surface area contributed by atoms with Crippen LogP contribution < -0.4 is 16.1 Å². The predicted octanol–water partition coefficient (Wildman–Crippen LogP) is 5.27. The highest BCUT2D eigenvalue weighted by Gasteiger charge is 2.79. The van der Waals surface area contributed by atoms with Crippen molar-refractivity contribution in [2.75, 3.05) is 13.1 Å². The number of pyridine rings is 2. The Morgan fingerprint density at radius 3 is 1.37 bits per heavy atom. The summed E-state index contributed by atoms with van der Waals surface area (Å²) in [5.41, 5.74) is -0.380. The third-order valence-electron chi connectivity index (χ3n) is 13.1. The van der Waals surface area contributed by atoms with E-state index in [1.165, 1.54) is 6.07 Å². The molecule has 2 saturated carbocycles. The number of rotatable bonds is 12. The van der Waals surface area contributed by atoms with Crippen molar-refractivity contribution in [3.8, 4) is 11.3 Å². The Morgan fingerprint density at radius 1 is 0.598 bits per heavy atom. The summed E-state index contributed by atoms with van der Waals surface area (Å²) < 4.78 is 239. The van der Waals surface area contributed by atoms with Gasteiger partial charge in [-0.1, -0.05) is 0 Å². The lowest BCUT2D eigenvalue weighted by Crippen LogP contribution is -2.50. The van der Waals surface area contributed by atoms with Crippen LogP contribution in [0, 0.1) is 46.9 Å². The second kappa shape index (κ2) is 22.7. The van der Waals surface area contributed by atoms with Crippen LogP contribution >= 0.6 is 15.9 Å². The number of nitrogens with one attached hydrogen (secondary N) is 2. The van der Waals surface area contributed by atoms with Crippen molar-refractivity contribution in [1.82, 2.24) is 49.1 Å². The minimum absolute atomic E-state index is 0.00315. The molecule has 6 aromatic rings. The second-order valence-corrected chi connectivity index (χ2v) is 22.9. The molecule has 4 aromatic heterocycles. The Bertz CT molecular complexity index is 3610. The maximum absolute atomic E-state index is 14.4. The lowest BCUT2D eigenvalue weighted by atomic mass is 9.83. The number of alkyl halides is 10. The van der Waals surface area contributed by atoms with Crippen molar-refractivity contribution < 1.29 is 97.9 Å². The lowest BCUT2D eigenvalue weighted by molar-refractivity contribution is -0.145. The summed E-state index contributed by atoms with van der Waals surface area (Å²) in [6.45, 7) is -2.09. The Hall–Kier alpha value is -6.86. The summed E-state index contributed by atoms with van der Waals surface area (Å²) in [5.74, 6) is -20.0. The fourth-order valence-electron chi connectivity index (χ4n) is 8.86. The first-order valence-corrected chi connectivity index (χ1v) is 26.8. The van der Waals surface area contributed by atoms with E-state index >= 15 is 0 Å². The van der Waals surface area contributed by atoms with Gasteiger partial charge in [-0.2, -0.15) is 35.0 Å². The van der Waals surface area contributed by atoms with Crippen LogP contribution in [0.3, 0.4) is 0 Å². The average Bonchev–Trinajstić information content (AvgIpc) is 1.60. The standard InChI is InChI=1S/C23H16F7N5O3S.C18H14BrF4N3O3S.C5H4BF3N2O2/c24-13-1-3-14(4-2-13)39(37,38)35-10-15-18(22(15,26)27)19(35)20(36)32-6-11-5-17(31-9-16(11)25)12-7-33-21(34-8-12)23(28,29)30;19-14-5-9(13(21)7-24-14)6-25-17(27)16-15-12(18(15,22)23)8-26(16)30(28,29)11-3-1-10(20)2-4-11;7-5(8,9)4-10-1-3(2-11-4)6(12)13/h1-5,7-9,15,18-19H,6,10H2,(H,32,36);1-5,7,12,15-16H,6,8H2,(H,25,27);1-2,12-13H/t15-,18-,19-;12-,15-,16-;/m00./s1. The maximum Gasteiger partial charge on any atom is 0.491 e. The Labute approximate surface area is 461 Å². The van der Waals surface area contributed by atoms with Crippen LogP contribution in [0.25, 0.3) is 11.3 Å². The molecule has 2 aliphatic heterocycles.